The van der Waals surface area contributed by atoms with E-state index in [2.05, 4.69) is 262 Å². The molecule has 1 aromatic heterocycles. The second kappa shape index (κ2) is 15.5. The van der Waals surface area contributed by atoms with Gasteiger partial charge in [0.25, 0.3) is 6.71 Å². The second-order valence-corrected chi connectivity index (χ2v) is 22.7. The third-order valence-electron chi connectivity index (χ3n) is 13.9. The number of hydrogen-bond donors (Lipinski definition) is 0. The standard InChI is InChI=1S/C61H63BN4/c1-58(2,3)40-22-27-44(28-23-40)64(52-35-32-49(61(10,11)12)47-20-16-17-21-48(47)52)46-31-33-50-54(37-46)66(43-18-14-13-15-19-43)56-39-63-38-55-57(56)62(50)51-36-42(60(7,8)9)26-34-53(51)65(55)45-29-24-41(25-30-45)59(4,5)6/h13-39H,1-12H3. The number of pyridine rings is 1. The highest BCUT2D eigenvalue weighted by Crippen LogP contribution is 2.48. The van der Waals surface area contributed by atoms with Crippen LogP contribution in [0.25, 0.3) is 10.8 Å². The van der Waals surface area contributed by atoms with Crippen LogP contribution in [0, 0.1) is 0 Å². The van der Waals surface area contributed by atoms with Crippen molar-refractivity contribution in [2.45, 2.75) is 105 Å². The topological polar surface area (TPSA) is 22.6 Å². The van der Waals surface area contributed by atoms with Gasteiger partial charge in [-0.05, 0) is 126 Å². The van der Waals surface area contributed by atoms with E-state index in [1.807, 2.05) is 0 Å². The van der Waals surface area contributed by atoms with Crippen LogP contribution in [-0.2, 0) is 21.7 Å². The maximum atomic E-state index is 5.10. The number of fused-ring (bicyclic) bond motifs is 5. The number of rotatable bonds is 5. The summed E-state index contributed by atoms with van der Waals surface area (Å²) < 4.78 is 0. The summed E-state index contributed by atoms with van der Waals surface area (Å²) in [6.07, 6.45) is 4.18. The summed E-state index contributed by atoms with van der Waals surface area (Å²) in [7, 11) is 0. The van der Waals surface area contributed by atoms with Crippen LogP contribution in [0.15, 0.2) is 164 Å². The molecule has 66 heavy (non-hydrogen) atoms. The maximum Gasteiger partial charge on any atom is 0.252 e. The van der Waals surface area contributed by atoms with Crippen molar-refractivity contribution in [2.75, 3.05) is 14.7 Å². The molecule has 0 unspecified atom stereocenters. The summed E-state index contributed by atoms with van der Waals surface area (Å²) in [6.45, 7) is 27.6. The lowest BCUT2D eigenvalue weighted by atomic mass is 9.33. The average Bonchev–Trinajstić information content (AvgIpc) is 3.28. The molecule has 3 heterocycles. The highest BCUT2D eigenvalue weighted by molar-refractivity contribution is 7.00. The first kappa shape index (κ1) is 43.3. The summed E-state index contributed by atoms with van der Waals surface area (Å²) in [5.74, 6) is 0. The lowest BCUT2D eigenvalue weighted by Gasteiger charge is -2.44. The highest BCUT2D eigenvalue weighted by atomic mass is 15.2. The van der Waals surface area contributed by atoms with Gasteiger partial charge in [-0.25, -0.2) is 0 Å². The Morgan fingerprint density at radius 3 is 1.55 bits per heavy atom. The molecule has 10 rings (SSSR count). The van der Waals surface area contributed by atoms with Crippen LogP contribution in [0.3, 0.4) is 0 Å². The molecule has 0 saturated carbocycles. The molecular weight excluding hydrogens is 800 g/mol. The Labute approximate surface area is 394 Å². The monoisotopic (exact) mass is 863 g/mol. The lowest BCUT2D eigenvalue weighted by molar-refractivity contribution is 0.590. The minimum absolute atomic E-state index is 0.0196. The molecule has 0 aliphatic carbocycles. The van der Waals surface area contributed by atoms with Gasteiger partial charge in [0.1, 0.15) is 0 Å². The smallest absolute Gasteiger partial charge is 0.252 e. The fourth-order valence-electron chi connectivity index (χ4n) is 10.3. The summed E-state index contributed by atoms with van der Waals surface area (Å²) in [6, 6.07) is 57.3. The summed E-state index contributed by atoms with van der Waals surface area (Å²) in [5.41, 5.74) is 19.3. The van der Waals surface area contributed by atoms with E-state index in [9.17, 15) is 0 Å². The van der Waals surface area contributed by atoms with E-state index >= 15 is 0 Å². The minimum Gasteiger partial charge on any atom is -0.310 e. The van der Waals surface area contributed by atoms with E-state index in [1.165, 1.54) is 55.1 Å². The zero-order valence-electron chi connectivity index (χ0n) is 41.0. The SMILES string of the molecule is CC(C)(C)c1ccc(N2c3ccc(C(C)(C)C)cc3B3c4ccc(N(c5ccc(C(C)(C)C)cc5)c5ccc(C(C)(C)C)c6ccccc56)cc4N(c4ccccc4)c4cncc2c43)cc1. The second-order valence-electron chi connectivity index (χ2n) is 22.7. The lowest BCUT2D eigenvalue weighted by Crippen LogP contribution is -2.61. The zero-order chi connectivity index (χ0) is 46.5. The predicted octanol–water partition coefficient (Wildman–Crippen LogP) is 15.0. The van der Waals surface area contributed by atoms with Gasteiger partial charge in [0.05, 0.1) is 29.5 Å². The molecule has 0 N–H and O–H groups in total. The number of aromatic nitrogens is 1. The van der Waals surface area contributed by atoms with E-state index in [-0.39, 0.29) is 28.4 Å². The molecule has 2 aliphatic rings. The van der Waals surface area contributed by atoms with Gasteiger partial charge < -0.3 is 14.7 Å². The molecule has 0 bridgehead atoms. The van der Waals surface area contributed by atoms with Crippen molar-refractivity contribution in [3.63, 3.8) is 0 Å². The first-order valence-electron chi connectivity index (χ1n) is 23.7. The summed E-state index contributed by atoms with van der Waals surface area (Å²) >= 11 is 0. The van der Waals surface area contributed by atoms with Crippen LogP contribution in [0.1, 0.15) is 105 Å². The molecule has 330 valence electrons. The summed E-state index contributed by atoms with van der Waals surface area (Å²) in [5, 5.41) is 2.51. The van der Waals surface area contributed by atoms with E-state index < -0.39 is 0 Å². The molecule has 0 spiro atoms. The van der Waals surface area contributed by atoms with Crippen LogP contribution in [0.5, 0.6) is 0 Å². The van der Waals surface area contributed by atoms with Crippen LogP contribution < -0.4 is 31.1 Å². The Bertz CT molecular complexity index is 3120. The van der Waals surface area contributed by atoms with Crippen molar-refractivity contribution in [1.82, 2.24) is 4.98 Å². The van der Waals surface area contributed by atoms with Crippen LogP contribution >= 0.6 is 0 Å². The molecular formula is C61H63BN4. The van der Waals surface area contributed by atoms with Gasteiger partial charge in [0, 0.05) is 39.5 Å². The largest absolute Gasteiger partial charge is 0.310 e. The van der Waals surface area contributed by atoms with E-state index in [4.69, 9.17) is 4.98 Å². The highest BCUT2D eigenvalue weighted by Gasteiger charge is 2.44. The maximum absolute atomic E-state index is 5.10. The molecule has 0 radical (unpaired) electrons. The molecule has 2 aliphatic heterocycles. The number of nitrogens with zero attached hydrogens (tertiary/aromatic N) is 4. The van der Waals surface area contributed by atoms with Gasteiger partial charge in [0.15, 0.2) is 0 Å². The molecule has 0 saturated heterocycles. The molecule has 0 fully saturated rings. The van der Waals surface area contributed by atoms with Crippen molar-refractivity contribution in [2.24, 2.45) is 0 Å². The van der Waals surface area contributed by atoms with E-state index in [0.717, 1.165) is 45.5 Å². The third kappa shape index (κ3) is 7.37. The van der Waals surface area contributed by atoms with Gasteiger partial charge in [-0.15, -0.1) is 0 Å². The Hall–Kier alpha value is -6.59. The van der Waals surface area contributed by atoms with Gasteiger partial charge in [-0.3, -0.25) is 4.98 Å². The predicted molar refractivity (Wildman–Crippen MR) is 285 cm³/mol. The van der Waals surface area contributed by atoms with E-state index in [0.29, 0.717) is 0 Å². The van der Waals surface area contributed by atoms with Crippen molar-refractivity contribution in [3.05, 3.63) is 186 Å². The Balaban J connectivity index is 1.24. The number of anilines is 9. The Morgan fingerprint density at radius 2 is 0.939 bits per heavy atom. The quantitative estimate of drug-likeness (QED) is 0.161. The van der Waals surface area contributed by atoms with Gasteiger partial charge in [-0.2, -0.15) is 0 Å². The molecule has 4 nitrogen and oxygen atoms in total. The van der Waals surface area contributed by atoms with Crippen molar-refractivity contribution >= 4 is 85.1 Å². The van der Waals surface area contributed by atoms with Crippen LogP contribution in [-0.4, -0.2) is 11.7 Å². The number of hydrogen-bond acceptors (Lipinski definition) is 4. The molecule has 8 aromatic rings. The van der Waals surface area contributed by atoms with Crippen molar-refractivity contribution in [1.29, 1.82) is 0 Å². The van der Waals surface area contributed by atoms with Crippen LogP contribution in [0.2, 0.25) is 0 Å². The first-order valence-corrected chi connectivity index (χ1v) is 23.7. The molecule has 0 amide bonds. The minimum atomic E-state index is -0.0403. The fourth-order valence-corrected chi connectivity index (χ4v) is 10.3. The number of para-hydroxylation sites is 1. The third-order valence-corrected chi connectivity index (χ3v) is 13.9. The average molecular weight is 863 g/mol. The number of benzene rings is 7. The molecule has 0 atom stereocenters. The zero-order valence-corrected chi connectivity index (χ0v) is 41.0. The first-order chi connectivity index (χ1) is 31.3. The van der Waals surface area contributed by atoms with E-state index in [1.54, 1.807) is 0 Å². The van der Waals surface area contributed by atoms with Gasteiger partial charge in [0.2, 0.25) is 0 Å². The van der Waals surface area contributed by atoms with Crippen LogP contribution in [0.4, 0.5) is 51.2 Å². The van der Waals surface area contributed by atoms with Crippen molar-refractivity contribution in [3.8, 4) is 0 Å². The molecule has 5 heteroatoms. The van der Waals surface area contributed by atoms with Crippen molar-refractivity contribution < 1.29 is 0 Å². The van der Waals surface area contributed by atoms with Gasteiger partial charge in [-0.1, -0.05) is 174 Å². The van der Waals surface area contributed by atoms with Gasteiger partial charge >= 0.3 is 0 Å². The Morgan fingerprint density at radius 1 is 0.409 bits per heavy atom. The fraction of sp³-hybridized carbons (Fsp3) is 0.262. The normalized spacial score (nSPS) is 13.7. The molecule has 7 aromatic carbocycles. The summed E-state index contributed by atoms with van der Waals surface area (Å²) in [4.78, 5) is 12.5. The Kier molecular flexibility index (Phi) is 10.2.